The molecule has 2 aromatic rings. The average molecular weight is 391 g/mol. The van der Waals surface area contributed by atoms with E-state index >= 15 is 0 Å². The second kappa shape index (κ2) is 9.48. The van der Waals surface area contributed by atoms with Crippen LogP contribution in [0.15, 0.2) is 11.1 Å². The van der Waals surface area contributed by atoms with Crippen LogP contribution in [-0.2, 0) is 21.0 Å². The molecule has 146 valence electrons. The second-order valence-electron chi connectivity index (χ2n) is 5.84. The molecule has 12 heteroatoms. The number of esters is 1. The van der Waals surface area contributed by atoms with Gasteiger partial charge < -0.3 is 26.0 Å². The number of aromatic amines is 1. The molecule has 26 heavy (non-hydrogen) atoms. The Balaban J connectivity index is 0.00000338. The topological polar surface area (TPSA) is 171 Å². The lowest BCUT2D eigenvalue weighted by Gasteiger charge is -2.19. The van der Waals surface area contributed by atoms with Crippen molar-refractivity contribution in [3.05, 3.63) is 16.7 Å². The van der Waals surface area contributed by atoms with Gasteiger partial charge in [-0.15, -0.1) is 12.4 Å². The number of carbonyl (C=O) groups is 1. The van der Waals surface area contributed by atoms with E-state index < -0.39 is 23.7 Å². The first-order chi connectivity index (χ1) is 11.8. The molecule has 2 heterocycles. The molecule has 2 atom stereocenters. The maximum Gasteiger partial charge on any atom is 0.323 e. The first kappa shape index (κ1) is 21.8. The molecule has 6 N–H and O–H groups in total. The van der Waals surface area contributed by atoms with Crippen LogP contribution in [0.4, 0.5) is 5.95 Å². The van der Waals surface area contributed by atoms with Crippen molar-refractivity contribution in [3.8, 4) is 0 Å². The molecule has 0 bridgehead atoms. The number of rotatable bonds is 8. The van der Waals surface area contributed by atoms with E-state index in [2.05, 4.69) is 15.0 Å². The fourth-order valence-corrected chi connectivity index (χ4v) is 1.95. The highest BCUT2D eigenvalue weighted by atomic mass is 35.5. The van der Waals surface area contributed by atoms with Crippen molar-refractivity contribution in [2.75, 3.05) is 18.9 Å². The van der Waals surface area contributed by atoms with Gasteiger partial charge in [0.1, 0.15) is 25.5 Å². The molecule has 0 fully saturated rings. The number of hydrogen-bond acceptors (Lipinski definition) is 9. The zero-order chi connectivity index (χ0) is 18.6. The zero-order valence-corrected chi connectivity index (χ0v) is 15.2. The number of nitrogen functional groups attached to an aromatic ring is 1. The number of halogens is 1. The second-order valence-corrected chi connectivity index (χ2v) is 5.84. The van der Waals surface area contributed by atoms with Gasteiger partial charge in [0.2, 0.25) is 5.95 Å². The van der Waals surface area contributed by atoms with Crippen LogP contribution in [0.2, 0.25) is 0 Å². The molecule has 0 aliphatic carbocycles. The highest BCUT2D eigenvalue weighted by molar-refractivity contribution is 5.85. The quantitative estimate of drug-likeness (QED) is 0.412. The van der Waals surface area contributed by atoms with Gasteiger partial charge in [0.25, 0.3) is 5.56 Å². The van der Waals surface area contributed by atoms with Gasteiger partial charge >= 0.3 is 5.97 Å². The highest BCUT2D eigenvalue weighted by Crippen LogP contribution is 2.08. The average Bonchev–Trinajstić information content (AvgIpc) is 2.97. The summed E-state index contributed by atoms with van der Waals surface area (Å²) in [5, 5.41) is 9.35. The summed E-state index contributed by atoms with van der Waals surface area (Å²) >= 11 is 0. The molecule has 0 saturated heterocycles. The van der Waals surface area contributed by atoms with Gasteiger partial charge in [-0.25, -0.2) is 4.98 Å². The molecule has 11 nitrogen and oxygen atoms in total. The maximum atomic E-state index is 11.7. The minimum atomic E-state index is -0.764. The van der Waals surface area contributed by atoms with Crippen LogP contribution in [0, 0.1) is 5.92 Å². The number of aliphatic hydroxyl groups excluding tert-OH is 1. The highest BCUT2D eigenvalue weighted by Gasteiger charge is 2.21. The summed E-state index contributed by atoms with van der Waals surface area (Å²) in [6.45, 7) is 3.02. The molecule has 0 aliphatic rings. The Morgan fingerprint density at radius 3 is 2.77 bits per heavy atom. The smallest absolute Gasteiger partial charge is 0.323 e. The van der Waals surface area contributed by atoms with Crippen molar-refractivity contribution in [1.82, 2.24) is 19.5 Å². The van der Waals surface area contributed by atoms with Crippen LogP contribution >= 0.6 is 12.4 Å². The summed E-state index contributed by atoms with van der Waals surface area (Å²) in [5.41, 5.74) is 11.1. The number of hydrogen-bond donors (Lipinski definition) is 4. The van der Waals surface area contributed by atoms with Gasteiger partial charge in [0, 0.05) is 0 Å². The number of carbonyl (C=O) groups excluding carboxylic acids is 1. The van der Waals surface area contributed by atoms with Crippen molar-refractivity contribution in [2.24, 2.45) is 11.7 Å². The van der Waals surface area contributed by atoms with Crippen molar-refractivity contribution in [3.63, 3.8) is 0 Å². The van der Waals surface area contributed by atoms with Gasteiger partial charge in [0.15, 0.2) is 11.2 Å². The summed E-state index contributed by atoms with van der Waals surface area (Å²) < 4.78 is 12.0. The van der Waals surface area contributed by atoms with Crippen molar-refractivity contribution in [2.45, 2.75) is 32.7 Å². The Hall–Kier alpha value is -2.21. The summed E-state index contributed by atoms with van der Waals surface area (Å²) in [5.74, 6) is -0.673. The Morgan fingerprint density at radius 2 is 2.15 bits per heavy atom. The molecule has 0 amide bonds. The normalized spacial score (nSPS) is 13.4. The van der Waals surface area contributed by atoms with E-state index in [0.717, 1.165) is 0 Å². The lowest BCUT2D eigenvalue weighted by atomic mass is 10.1. The Bertz CT molecular complexity index is 792. The summed E-state index contributed by atoms with van der Waals surface area (Å²) in [6, 6.07) is -0.740. The van der Waals surface area contributed by atoms with E-state index in [1.54, 1.807) is 13.8 Å². The van der Waals surface area contributed by atoms with Gasteiger partial charge in [0.05, 0.1) is 12.9 Å². The fourth-order valence-electron chi connectivity index (χ4n) is 1.95. The minimum absolute atomic E-state index is 0. The molecule has 2 rings (SSSR count). The van der Waals surface area contributed by atoms with Gasteiger partial charge in [-0.1, -0.05) is 13.8 Å². The van der Waals surface area contributed by atoms with Crippen LogP contribution in [0.5, 0.6) is 0 Å². The molecule has 0 aliphatic heterocycles. The third kappa shape index (κ3) is 5.14. The lowest BCUT2D eigenvalue weighted by molar-refractivity contribution is -0.153. The van der Waals surface area contributed by atoms with E-state index in [4.69, 9.17) is 20.9 Å². The Labute approximate surface area is 155 Å². The predicted molar refractivity (Wildman–Crippen MR) is 95.5 cm³/mol. The van der Waals surface area contributed by atoms with Gasteiger partial charge in [-0.05, 0) is 5.92 Å². The molecule has 1 unspecified atom stereocenters. The van der Waals surface area contributed by atoms with E-state index in [9.17, 15) is 14.7 Å². The van der Waals surface area contributed by atoms with Crippen molar-refractivity contribution >= 4 is 35.5 Å². The van der Waals surface area contributed by atoms with Gasteiger partial charge in [-0.2, -0.15) is 4.98 Å². The number of nitrogens with zero attached hydrogens (tertiary/aromatic N) is 3. The third-order valence-corrected chi connectivity index (χ3v) is 3.55. The number of anilines is 1. The SMILES string of the molecule is CC(C)C(N)C(=O)OC[C@@H](CO)OCn1cnc2c(=O)[nH]c(N)nc21.Cl. The van der Waals surface area contributed by atoms with Crippen molar-refractivity contribution in [1.29, 1.82) is 0 Å². The van der Waals surface area contributed by atoms with Crippen LogP contribution < -0.4 is 17.0 Å². The predicted octanol–water partition coefficient (Wildman–Crippen LogP) is -1.01. The number of H-pyrrole nitrogens is 1. The fraction of sp³-hybridized carbons (Fsp3) is 0.571. The van der Waals surface area contributed by atoms with E-state index in [-0.39, 0.29) is 55.4 Å². The largest absolute Gasteiger partial charge is 0.462 e. The molecular formula is C14H23ClN6O5. The minimum Gasteiger partial charge on any atom is -0.462 e. The zero-order valence-electron chi connectivity index (χ0n) is 14.4. The van der Waals surface area contributed by atoms with Crippen LogP contribution in [0.25, 0.3) is 11.2 Å². The van der Waals surface area contributed by atoms with E-state index in [0.29, 0.717) is 0 Å². The molecule has 2 aromatic heterocycles. The monoisotopic (exact) mass is 390 g/mol. The van der Waals surface area contributed by atoms with Crippen molar-refractivity contribution < 1.29 is 19.4 Å². The Morgan fingerprint density at radius 1 is 1.46 bits per heavy atom. The van der Waals surface area contributed by atoms with E-state index in [1.807, 2.05) is 0 Å². The number of ether oxygens (including phenoxy) is 2. The first-order valence-electron chi connectivity index (χ1n) is 7.68. The summed E-state index contributed by atoms with van der Waals surface area (Å²) in [4.78, 5) is 33.7. The maximum absolute atomic E-state index is 11.7. The molecule has 0 saturated carbocycles. The van der Waals surface area contributed by atoms with E-state index in [1.165, 1.54) is 10.9 Å². The van der Waals surface area contributed by atoms with Crippen LogP contribution in [-0.4, -0.2) is 56.0 Å². The number of fused-ring (bicyclic) bond motifs is 1. The molecule has 0 aromatic carbocycles. The molecular weight excluding hydrogens is 368 g/mol. The molecule has 0 radical (unpaired) electrons. The Kier molecular flexibility index (Phi) is 7.96. The number of aromatic nitrogens is 4. The lowest BCUT2D eigenvalue weighted by Crippen LogP contribution is -2.39. The summed E-state index contributed by atoms with van der Waals surface area (Å²) in [6.07, 6.45) is 0.599. The summed E-state index contributed by atoms with van der Waals surface area (Å²) in [7, 11) is 0. The van der Waals surface area contributed by atoms with Gasteiger partial charge in [-0.3, -0.25) is 19.1 Å². The van der Waals surface area contributed by atoms with Crippen LogP contribution in [0.3, 0.4) is 0 Å². The number of aliphatic hydroxyl groups is 1. The number of imidazole rings is 1. The number of nitrogens with one attached hydrogen (secondary N) is 1. The van der Waals surface area contributed by atoms with Crippen LogP contribution in [0.1, 0.15) is 13.8 Å². The molecule has 0 spiro atoms. The first-order valence-corrected chi connectivity index (χ1v) is 7.68. The standard InChI is InChI=1S/C14H22N6O5.ClH/c1-7(2)9(15)13(23)24-4-8(3-21)25-6-20-5-17-10-11(20)18-14(16)19-12(10)22;/h5,7-9,21H,3-4,6,15H2,1-2H3,(H3,16,18,19,22);1H/t8-,9?;/m1./s1. The number of nitrogens with two attached hydrogens (primary N) is 2. The third-order valence-electron chi connectivity index (χ3n) is 3.55.